The van der Waals surface area contributed by atoms with Crippen LogP contribution in [0.4, 0.5) is 17.1 Å². The molecule has 7 nitrogen and oxygen atoms in total. The molecule has 3 aromatic rings. The summed E-state index contributed by atoms with van der Waals surface area (Å²) in [7, 11) is 0. The Kier molecular flexibility index (Phi) is 5.45. The Morgan fingerprint density at radius 3 is 1.96 bits per heavy atom. The number of nitrogens with one attached hydrogen (secondary N) is 2. The molecule has 7 heteroatoms. The van der Waals surface area contributed by atoms with Gasteiger partial charge in [-0.1, -0.05) is 18.2 Å². The van der Waals surface area contributed by atoms with Crippen molar-refractivity contribution in [2.45, 2.75) is 6.92 Å². The van der Waals surface area contributed by atoms with E-state index in [4.69, 9.17) is 0 Å². The molecular formula is C21H17N3O4. The zero-order valence-electron chi connectivity index (χ0n) is 15.0. The Balaban J connectivity index is 1.71. The van der Waals surface area contributed by atoms with E-state index in [0.29, 0.717) is 16.9 Å². The van der Waals surface area contributed by atoms with Crippen molar-refractivity contribution < 1.29 is 14.5 Å². The number of nitro benzene ring substituents is 1. The van der Waals surface area contributed by atoms with Crippen molar-refractivity contribution in [3.05, 3.63) is 99.6 Å². The van der Waals surface area contributed by atoms with E-state index in [0.717, 1.165) is 5.56 Å². The van der Waals surface area contributed by atoms with E-state index in [1.54, 1.807) is 30.3 Å². The van der Waals surface area contributed by atoms with Gasteiger partial charge in [0, 0.05) is 34.6 Å². The lowest BCUT2D eigenvalue weighted by Crippen LogP contribution is -2.14. The van der Waals surface area contributed by atoms with E-state index < -0.39 is 10.8 Å². The van der Waals surface area contributed by atoms with E-state index in [1.165, 1.54) is 24.3 Å². The number of nitro groups is 1. The average molecular weight is 375 g/mol. The quantitative estimate of drug-likeness (QED) is 0.509. The second-order valence-electron chi connectivity index (χ2n) is 6.16. The first-order valence-corrected chi connectivity index (χ1v) is 8.46. The smallest absolute Gasteiger partial charge is 0.269 e. The van der Waals surface area contributed by atoms with Gasteiger partial charge < -0.3 is 10.6 Å². The minimum Gasteiger partial charge on any atom is -0.322 e. The monoisotopic (exact) mass is 375 g/mol. The number of amides is 2. The summed E-state index contributed by atoms with van der Waals surface area (Å²) >= 11 is 0. The first kappa shape index (κ1) is 18.8. The molecule has 0 aliphatic heterocycles. The maximum atomic E-state index is 12.4. The van der Waals surface area contributed by atoms with Crippen LogP contribution in [0.1, 0.15) is 26.3 Å². The van der Waals surface area contributed by atoms with Gasteiger partial charge in [0.2, 0.25) is 0 Å². The van der Waals surface area contributed by atoms with Gasteiger partial charge in [-0.3, -0.25) is 19.7 Å². The molecule has 140 valence electrons. The van der Waals surface area contributed by atoms with Crippen molar-refractivity contribution in [2.75, 3.05) is 10.6 Å². The Morgan fingerprint density at radius 1 is 0.786 bits per heavy atom. The first-order chi connectivity index (χ1) is 13.4. The van der Waals surface area contributed by atoms with Crippen molar-refractivity contribution in [2.24, 2.45) is 0 Å². The highest BCUT2D eigenvalue weighted by atomic mass is 16.6. The van der Waals surface area contributed by atoms with Gasteiger partial charge in [0.1, 0.15) is 0 Å². The van der Waals surface area contributed by atoms with Crippen LogP contribution in [0.15, 0.2) is 72.8 Å². The summed E-state index contributed by atoms with van der Waals surface area (Å²) in [4.78, 5) is 34.9. The molecule has 3 aromatic carbocycles. The van der Waals surface area contributed by atoms with Crippen molar-refractivity contribution >= 4 is 28.9 Å². The minimum atomic E-state index is -0.530. The lowest BCUT2D eigenvalue weighted by molar-refractivity contribution is -0.384. The molecule has 3 rings (SSSR count). The van der Waals surface area contributed by atoms with Crippen LogP contribution in [0.3, 0.4) is 0 Å². The van der Waals surface area contributed by atoms with E-state index in [2.05, 4.69) is 10.6 Å². The van der Waals surface area contributed by atoms with E-state index >= 15 is 0 Å². The third-order valence-electron chi connectivity index (χ3n) is 4.00. The predicted molar refractivity (Wildman–Crippen MR) is 107 cm³/mol. The van der Waals surface area contributed by atoms with Crippen LogP contribution in [-0.2, 0) is 0 Å². The van der Waals surface area contributed by atoms with Crippen LogP contribution >= 0.6 is 0 Å². The molecule has 0 atom stereocenters. The second-order valence-corrected chi connectivity index (χ2v) is 6.16. The highest BCUT2D eigenvalue weighted by Crippen LogP contribution is 2.17. The molecule has 0 spiro atoms. The maximum Gasteiger partial charge on any atom is 0.269 e. The van der Waals surface area contributed by atoms with E-state index in [9.17, 15) is 19.7 Å². The van der Waals surface area contributed by atoms with E-state index in [1.807, 2.05) is 25.1 Å². The maximum absolute atomic E-state index is 12.4. The van der Waals surface area contributed by atoms with Gasteiger partial charge in [-0.05, 0) is 55.0 Å². The van der Waals surface area contributed by atoms with E-state index in [-0.39, 0.29) is 17.2 Å². The molecule has 0 saturated carbocycles. The molecule has 0 bridgehead atoms. The number of nitrogens with zero attached hydrogens (tertiary/aromatic N) is 1. The molecule has 0 aliphatic rings. The summed E-state index contributed by atoms with van der Waals surface area (Å²) < 4.78 is 0. The molecule has 28 heavy (non-hydrogen) atoms. The number of non-ortho nitro benzene ring substituents is 1. The molecule has 2 amide bonds. The lowest BCUT2D eigenvalue weighted by atomic mass is 10.1. The van der Waals surface area contributed by atoms with Crippen molar-refractivity contribution in [3.63, 3.8) is 0 Å². The summed E-state index contributed by atoms with van der Waals surface area (Å²) in [5, 5.41) is 16.2. The van der Waals surface area contributed by atoms with Crippen LogP contribution in [0.2, 0.25) is 0 Å². The summed E-state index contributed by atoms with van der Waals surface area (Å²) in [6.07, 6.45) is 0. The van der Waals surface area contributed by atoms with Gasteiger partial charge in [0.15, 0.2) is 0 Å². The molecule has 0 radical (unpaired) electrons. The zero-order chi connectivity index (χ0) is 20.1. The summed E-state index contributed by atoms with van der Waals surface area (Å²) in [5.41, 5.74) is 2.74. The Labute approximate surface area is 161 Å². The molecule has 2 N–H and O–H groups in total. The molecule has 0 saturated heterocycles. The number of aryl methyl sites for hydroxylation is 1. The number of benzene rings is 3. The number of hydrogen-bond acceptors (Lipinski definition) is 4. The lowest BCUT2D eigenvalue weighted by Gasteiger charge is -2.09. The molecule has 0 fully saturated rings. The minimum absolute atomic E-state index is 0.0913. The second kappa shape index (κ2) is 8.13. The van der Waals surface area contributed by atoms with Crippen LogP contribution in [-0.4, -0.2) is 16.7 Å². The first-order valence-electron chi connectivity index (χ1n) is 8.46. The standard InChI is InChI=1S/C21H17N3O4/c1-14-4-2-6-17(12-14)22-21(26)16-5-3-7-18(13-16)23-20(25)15-8-10-19(11-9-15)24(27)28/h2-13H,1H3,(H,22,26)(H,23,25). The molecule has 0 unspecified atom stereocenters. The zero-order valence-corrected chi connectivity index (χ0v) is 15.0. The largest absolute Gasteiger partial charge is 0.322 e. The molecule has 0 aliphatic carbocycles. The van der Waals surface area contributed by atoms with Crippen molar-refractivity contribution in [1.82, 2.24) is 0 Å². The fourth-order valence-electron chi connectivity index (χ4n) is 2.60. The summed E-state index contributed by atoms with van der Waals surface area (Å²) in [6.45, 7) is 1.93. The van der Waals surface area contributed by atoms with Gasteiger partial charge >= 0.3 is 0 Å². The molecule has 0 heterocycles. The normalized spacial score (nSPS) is 10.2. The summed E-state index contributed by atoms with van der Waals surface area (Å²) in [6, 6.07) is 19.3. The number of carbonyl (C=O) groups excluding carboxylic acids is 2. The van der Waals surface area contributed by atoms with Crippen LogP contribution < -0.4 is 10.6 Å². The van der Waals surface area contributed by atoms with Gasteiger partial charge in [0.25, 0.3) is 17.5 Å². The van der Waals surface area contributed by atoms with Gasteiger partial charge in [0.05, 0.1) is 4.92 Å². The summed E-state index contributed by atoms with van der Waals surface area (Å²) in [5.74, 6) is -0.719. The van der Waals surface area contributed by atoms with Crippen molar-refractivity contribution in [1.29, 1.82) is 0 Å². The number of rotatable bonds is 5. The van der Waals surface area contributed by atoms with Crippen LogP contribution in [0, 0.1) is 17.0 Å². The van der Waals surface area contributed by atoms with Crippen LogP contribution in [0.5, 0.6) is 0 Å². The molecular weight excluding hydrogens is 358 g/mol. The molecule has 0 aromatic heterocycles. The Bertz CT molecular complexity index is 1050. The fourth-order valence-corrected chi connectivity index (χ4v) is 2.60. The topological polar surface area (TPSA) is 101 Å². The Morgan fingerprint density at radius 2 is 1.36 bits per heavy atom. The number of hydrogen-bond donors (Lipinski definition) is 2. The fraction of sp³-hybridized carbons (Fsp3) is 0.0476. The highest BCUT2D eigenvalue weighted by Gasteiger charge is 2.11. The predicted octanol–water partition coefficient (Wildman–Crippen LogP) is 4.41. The Hall–Kier alpha value is -4.00. The average Bonchev–Trinajstić information content (AvgIpc) is 2.68. The van der Waals surface area contributed by atoms with Gasteiger partial charge in [-0.25, -0.2) is 0 Å². The third kappa shape index (κ3) is 4.59. The van der Waals surface area contributed by atoms with Gasteiger partial charge in [-0.15, -0.1) is 0 Å². The highest BCUT2D eigenvalue weighted by molar-refractivity contribution is 6.07. The third-order valence-corrected chi connectivity index (χ3v) is 4.00. The van der Waals surface area contributed by atoms with Gasteiger partial charge in [-0.2, -0.15) is 0 Å². The van der Waals surface area contributed by atoms with Crippen molar-refractivity contribution in [3.8, 4) is 0 Å². The number of anilines is 2. The SMILES string of the molecule is Cc1cccc(NC(=O)c2cccc(NC(=O)c3ccc([N+](=O)[O-])cc3)c2)c1. The number of carbonyl (C=O) groups is 2. The van der Waals surface area contributed by atoms with Crippen LogP contribution in [0.25, 0.3) is 0 Å².